The Kier molecular flexibility index (Phi) is 7.06. The Balaban J connectivity index is 0.00000122. The topological polar surface area (TPSA) is 4.93 Å². The number of rotatable bonds is 3. The van der Waals surface area contributed by atoms with Crippen LogP contribution in [0.15, 0.2) is 69.0 Å². The summed E-state index contributed by atoms with van der Waals surface area (Å²) in [5.74, 6) is 0. The van der Waals surface area contributed by atoms with Gasteiger partial charge in [0.2, 0.25) is 0 Å². The van der Waals surface area contributed by atoms with Gasteiger partial charge in [-0.25, -0.2) is 0 Å². The van der Waals surface area contributed by atoms with Crippen LogP contribution in [0.25, 0.3) is 22.7 Å². The van der Waals surface area contributed by atoms with Crippen molar-refractivity contribution in [2.45, 2.75) is 49.6 Å². The Hall–Kier alpha value is -1.34. The molecule has 1 aromatic heterocycles. The number of aromatic nitrogens is 1. The van der Waals surface area contributed by atoms with Crippen LogP contribution in [-0.4, -0.2) is 4.57 Å². The average Bonchev–Trinajstić information content (AvgIpc) is 3.41. The first kappa shape index (κ1) is 23.8. The van der Waals surface area contributed by atoms with Gasteiger partial charge in [0.25, 0.3) is 0 Å². The fraction of sp³-hybridized carbons (Fsp3) is 0.286. The second-order valence-corrected chi connectivity index (χ2v) is 12.6. The van der Waals surface area contributed by atoms with Gasteiger partial charge in [0, 0.05) is 0 Å². The maximum absolute atomic E-state index is 2.69. The van der Waals surface area contributed by atoms with E-state index in [0.717, 1.165) is 0 Å². The van der Waals surface area contributed by atoms with Gasteiger partial charge in [-0.1, -0.05) is 0 Å². The molecule has 4 heteroatoms. The molecule has 0 amide bonds. The number of para-hydroxylation sites is 1. The van der Waals surface area contributed by atoms with Crippen molar-refractivity contribution in [3.05, 3.63) is 91.4 Å². The van der Waals surface area contributed by atoms with Gasteiger partial charge in [0.05, 0.1) is 0 Å². The number of halogens is 2. The molecule has 1 atom stereocenters. The summed E-state index contributed by atoms with van der Waals surface area (Å²) >= 11 is -0.798. The minimum absolute atomic E-state index is 0. The molecule has 32 heavy (non-hydrogen) atoms. The summed E-state index contributed by atoms with van der Waals surface area (Å²) in [5, 5.41) is 1.49. The fourth-order valence-electron chi connectivity index (χ4n) is 5.58. The van der Waals surface area contributed by atoms with E-state index >= 15 is 0 Å². The third-order valence-corrected chi connectivity index (χ3v) is 11.8. The van der Waals surface area contributed by atoms with Gasteiger partial charge in [-0.05, 0) is 0 Å². The Morgan fingerprint density at radius 2 is 1.66 bits per heavy atom. The molecule has 0 aliphatic heterocycles. The molecule has 6 rings (SSSR count). The van der Waals surface area contributed by atoms with E-state index < -0.39 is 23.2 Å². The SMILES string of the molecule is CC1=CC[C]([Zr+2][CH]2C(n3c4c(c5ccccc53)CCCC4)=Cc3ccccc32)=C1C.[Cl-].[Cl-]. The first-order valence-corrected chi connectivity index (χ1v) is 13.9. The molecule has 1 unspecified atom stereocenters. The first-order chi connectivity index (χ1) is 14.7. The standard InChI is InChI=1S/C21H18N.C7H9.2ClH.Zr/c1-2-8-16-14-17(13-15(16)7-1)22-20-11-5-3-9-18(20)19-10-4-6-12-21(19)22;1-6-4-3-5-7(6)2;;;/h1-3,5,7-9,11,13-14H,4,6,10,12H2;4H,3H2,1-2H3;2*1H;/q;;;;+2/p-2. The smallest absolute Gasteiger partial charge is 1.00 e. The molecule has 0 radical (unpaired) electrons. The second kappa shape index (κ2) is 9.49. The van der Waals surface area contributed by atoms with Crippen molar-refractivity contribution in [2.24, 2.45) is 0 Å². The molecular formula is C28H27Cl2NZr. The largest absolute Gasteiger partial charge is 1.00 e. The Labute approximate surface area is 215 Å². The molecule has 0 saturated carbocycles. The van der Waals surface area contributed by atoms with Crippen LogP contribution in [0.2, 0.25) is 0 Å². The van der Waals surface area contributed by atoms with Crippen molar-refractivity contribution in [3.63, 3.8) is 0 Å². The maximum atomic E-state index is 2.69. The number of hydrogen-bond acceptors (Lipinski definition) is 0. The van der Waals surface area contributed by atoms with Crippen molar-refractivity contribution in [2.75, 3.05) is 0 Å². The van der Waals surface area contributed by atoms with Gasteiger partial charge in [0.1, 0.15) is 0 Å². The molecule has 0 N–H and O–H groups in total. The van der Waals surface area contributed by atoms with Crippen LogP contribution in [0.4, 0.5) is 0 Å². The third-order valence-electron chi connectivity index (χ3n) is 7.32. The fourth-order valence-corrected chi connectivity index (χ4v) is 9.91. The van der Waals surface area contributed by atoms with Gasteiger partial charge in [-0.2, -0.15) is 0 Å². The third kappa shape index (κ3) is 3.73. The van der Waals surface area contributed by atoms with Crippen LogP contribution < -0.4 is 24.8 Å². The molecule has 1 heterocycles. The summed E-state index contributed by atoms with van der Waals surface area (Å²) in [6, 6.07) is 18.3. The molecule has 3 aliphatic rings. The van der Waals surface area contributed by atoms with Gasteiger partial charge in [-0.15, -0.1) is 0 Å². The molecular weight excluding hydrogens is 512 g/mol. The zero-order valence-corrected chi connectivity index (χ0v) is 22.6. The van der Waals surface area contributed by atoms with E-state index in [1.807, 2.05) is 0 Å². The summed E-state index contributed by atoms with van der Waals surface area (Å²) in [5.41, 5.74) is 12.3. The molecule has 3 aromatic rings. The number of fused-ring (bicyclic) bond motifs is 4. The Morgan fingerprint density at radius 3 is 2.47 bits per heavy atom. The van der Waals surface area contributed by atoms with E-state index in [9.17, 15) is 0 Å². The van der Waals surface area contributed by atoms with E-state index in [-0.39, 0.29) is 24.8 Å². The number of benzene rings is 2. The quantitative estimate of drug-likeness (QED) is 0.473. The normalized spacial score (nSPS) is 18.9. The number of nitrogens with zero attached hydrogens (tertiary/aromatic N) is 1. The molecule has 0 saturated heterocycles. The van der Waals surface area contributed by atoms with Crippen LogP contribution in [-0.2, 0) is 36.1 Å². The zero-order chi connectivity index (χ0) is 20.2. The Bertz CT molecular complexity index is 1280. The monoisotopic (exact) mass is 537 g/mol. The van der Waals surface area contributed by atoms with Gasteiger partial charge in [0.15, 0.2) is 0 Å². The van der Waals surface area contributed by atoms with Crippen LogP contribution in [0.5, 0.6) is 0 Å². The van der Waals surface area contributed by atoms with Crippen molar-refractivity contribution < 1.29 is 48.0 Å². The molecule has 3 aliphatic carbocycles. The van der Waals surface area contributed by atoms with Crippen molar-refractivity contribution in [3.8, 4) is 0 Å². The van der Waals surface area contributed by atoms with Crippen molar-refractivity contribution in [1.29, 1.82) is 0 Å². The molecule has 0 fully saturated rings. The van der Waals surface area contributed by atoms with Crippen LogP contribution in [0, 0.1) is 0 Å². The summed E-state index contributed by atoms with van der Waals surface area (Å²) in [6.07, 6.45) is 11.3. The summed E-state index contributed by atoms with van der Waals surface area (Å²) < 4.78 is 5.09. The minimum atomic E-state index is -0.798. The number of aryl methyl sites for hydroxylation is 1. The average molecular weight is 540 g/mol. The number of hydrogen-bond donors (Lipinski definition) is 0. The van der Waals surface area contributed by atoms with Crippen LogP contribution >= 0.6 is 0 Å². The van der Waals surface area contributed by atoms with E-state index in [0.29, 0.717) is 3.63 Å². The summed E-state index contributed by atoms with van der Waals surface area (Å²) in [6.45, 7) is 4.64. The van der Waals surface area contributed by atoms with Gasteiger partial charge >= 0.3 is 191 Å². The van der Waals surface area contributed by atoms with Crippen molar-refractivity contribution in [1.82, 2.24) is 4.57 Å². The van der Waals surface area contributed by atoms with E-state index in [2.05, 4.69) is 79.1 Å². The summed E-state index contributed by atoms with van der Waals surface area (Å²) in [4.78, 5) is 0. The molecule has 1 nitrogen and oxygen atoms in total. The number of allylic oxidation sites excluding steroid dienone is 5. The van der Waals surface area contributed by atoms with Gasteiger partial charge in [-0.3, -0.25) is 0 Å². The molecule has 2 aromatic carbocycles. The first-order valence-electron chi connectivity index (χ1n) is 11.3. The summed E-state index contributed by atoms with van der Waals surface area (Å²) in [7, 11) is 0. The zero-order valence-electron chi connectivity index (χ0n) is 18.6. The van der Waals surface area contributed by atoms with Crippen LogP contribution in [0.1, 0.15) is 59.1 Å². The molecule has 0 bridgehead atoms. The minimum Gasteiger partial charge on any atom is -1.00 e. The predicted molar refractivity (Wildman–Crippen MR) is 123 cm³/mol. The van der Waals surface area contributed by atoms with E-state index in [1.165, 1.54) is 54.1 Å². The Morgan fingerprint density at radius 1 is 0.906 bits per heavy atom. The predicted octanol–water partition coefficient (Wildman–Crippen LogP) is 1.29. The van der Waals surface area contributed by atoms with E-state index in [4.69, 9.17) is 0 Å². The van der Waals surface area contributed by atoms with Crippen LogP contribution in [0.3, 0.4) is 0 Å². The van der Waals surface area contributed by atoms with E-state index in [1.54, 1.807) is 31.4 Å². The molecule has 0 spiro atoms. The second-order valence-electron chi connectivity index (χ2n) is 8.96. The van der Waals surface area contributed by atoms with Crippen molar-refractivity contribution >= 4 is 22.7 Å². The molecule has 162 valence electrons. The van der Waals surface area contributed by atoms with Gasteiger partial charge < -0.3 is 24.8 Å². The maximum Gasteiger partial charge on any atom is -1.00 e.